The fourth-order valence-electron chi connectivity index (χ4n) is 3.60. The number of carbonyl (C=O) groups is 1. The molecule has 0 saturated carbocycles. The minimum Gasteiger partial charge on any atom is -0.302 e. The highest BCUT2D eigenvalue weighted by Crippen LogP contribution is 2.29. The van der Waals surface area contributed by atoms with Crippen LogP contribution < -0.4 is 5.32 Å². The lowest BCUT2D eigenvalue weighted by Crippen LogP contribution is -2.42. The van der Waals surface area contributed by atoms with E-state index in [-0.39, 0.29) is 17.6 Å². The number of rotatable bonds is 5. The minimum absolute atomic E-state index is 0.0852. The average molecular weight is 430 g/mol. The number of aromatic nitrogens is 1. The Morgan fingerprint density at radius 1 is 1.17 bits per heavy atom. The molecule has 0 aliphatic carbocycles. The van der Waals surface area contributed by atoms with Crippen molar-refractivity contribution in [3.8, 4) is 11.3 Å². The standard InChI is InChI=1S/C21H23N3O3S2/c1-2-29(26,27)24-11-9-16(10-12-24)20(25)23-21-22-19(14-28-21)18-8-7-15-5-3-4-6-17(15)13-18/h3-8,13-14,16H,2,9-12H2,1H3,(H,22,23,25). The number of anilines is 1. The summed E-state index contributed by atoms with van der Waals surface area (Å²) < 4.78 is 25.4. The molecule has 2 aromatic carbocycles. The molecule has 1 N–H and O–H groups in total. The number of nitrogens with one attached hydrogen (secondary N) is 1. The molecule has 0 unspecified atom stereocenters. The van der Waals surface area contributed by atoms with Gasteiger partial charge in [-0.3, -0.25) is 4.79 Å². The van der Waals surface area contributed by atoms with E-state index in [4.69, 9.17) is 0 Å². The summed E-state index contributed by atoms with van der Waals surface area (Å²) in [5, 5.41) is 7.75. The number of sulfonamides is 1. The van der Waals surface area contributed by atoms with Crippen molar-refractivity contribution >= 4 is 43.2 Å². The average Bonchev–Trinajstić information content (AvgIpc) is 3.22. The Bertz CT molecular complexity index is 1130. The van der Waals surface area contributed by atoms with Gasteiger partial charge in [0.05, 0.1) is 11.4 Å². The summed E-state index contributed by atoms with van der Waals surface area (Å²) in [5.74, 6) is -0.176. The second kappa shape index (κ2) is 8.22. The molecule has 1 aliphatic rings. The van der Waals surface area contributed by atoms with Gasteiger partial charge in [0.1, 0.15) is 0 Å². The van der Waals surface area contributed by atoms with Crippen LogP contribution in [-0.4, -0.2) is 42.5 Å². The molecule has 1 fully saturated rings. The van der Waals surface area contributed by atoms with Crippen LogP contribution in [0.5, 0.6) is 0 Å². The second-order valence-electron chi connectivity index (χ2n) is 7.16. The van der Waals surface area contributed by atoms with E-state index in [1.54, 1.807) is 6.92 Å². The first-order valence-corrected chi connectivity index (χ1v) is 12.2. The fraction of sp³-hybridized carbons (Fsp3) is 0.333. The van der Waals surface area contributed by atoms with Crippen molar-refractivity contribution in [1.82, 2.24) is 9.29 Å². The zero-order valence-electron chi connectivity index (χ0n) is 16.2. The molecular weight excluding hydrogens is 406 g/mol. The number of amides is 1. The molecule has 152 valence electrons. The first kappa shape index (κ1) is 20.0. The molecular formula is C21H23N3O3S2. The van der Waals surface area contributed by atoms with Crippen molar-refractivity contribution in [2.24, 2.45) is 5.92 Å². The predicted molar refractivity (Wildman–Crippen MR) is 117 cm³/mol. The summed E-state index contributed by atoms with van der Waals surface area (Å²) in [6.07, 6.45) is 1.07. The van der Waals surface area contributed by atoms with Crippen LogP contribution in [0.1, 0.15) is 19.8 Å². The zero-order chi connectivity index (χ0) is 20.4. The molecule has 1 aromatic heterocycles. The van der Waals surface area contributed by atoms with Crippen LogP contribution in [0.15, 0.2) is 47.8 Å². The van der Waals surface area contributed by atoms with Crippen LogP contribution in [0.4, 0.5) is 5.13 Å². The maximum atomic E-state index is 12.6. The van der Waals surface area contributed by atoms with Crippen LogP contribution in [0.3, 0.4) is 0 Å². The van der Waals surface area contributed by atoms with Crippen molar-refractivity contribution in [2.45, 2.75) is 19.8 Å². The summed E-state index contributed by atoms with van der Waals surface area (Å²) in [6, 6.07) is 14.4. The third-order valence-corrected chi connectivity index (χ3v) is 8.00. The van der Waals surface area contributed by atoms with Gasteiger partial charge in [0.15, 0.2) is 5.13 Å². The van der Waals surface area contributed by atoms with Gasteiger partial charge in [-0.1, -0.05) is 36.4 Å². The van der Waals surface area contributed by atoms with Gasteiger partial charge in [-0.15, -0.1) is 11.3 Å². The van der Waals surface area contributed by atoms with Gasteiger partial charge >= 0.3 is 0 Å². The lowest BCUT2D eigenvalue weighted by Gasteiger charge is -2.30. The number of hydrogen-bond acceptors (Lipinski definition) is 5. The van der Waals surface area contributed by atoms with Crippen molar-refractivity contribution in [3.63, 3.8) is 0 Å². The summed E-state index contributed by atoms with van der Waals surface area (Å²) in [4.78, 5) is 17.2. The number of carbonyl (C=O) groups excluding carboxylic acids is 1. The third-order valence-electron chi connectivity index (χ3n) is 5.36. The molecule has 2 heterocycles. The van der Waals surface area contributed by atoms with E-state index < -0.39 is 10.0 Å². The first-order chi connectivity index (χ1) is 14.0. The maximum Gasteiger partial charge on any atom is 0.229 e. The van der Waals surface area contributed by atoms with Crippen molar-refractivity contribution < 1.29 is 13.2 Å². The highest BCUT2D eigenvalue weighted by Gasteiger charge is 2.30. The molecule has 6 nitrogen and oxygen atoms in total. The molecule has 3 aromatic rings. The lowest BCUT2D eigenvalue weighted by atomic mass is 9.97. The monoisotopic (exact) mass is 429 g/mol. The van der Waals surface area contributed by atoms with E-state index in [2.05, 4.69) is 34.6 Å². The summed E-state index contributed by atoms with van der Waals surface area (Å²) in [5.41, 5.74) is 1.85. The van der Waals surface area contributed by atoms with Crippen molar-refractivity contribution in [3.05, 3.63) is 47.8 Å². The van der Waals surface area contributed by atoms with Crippen LogP contribution in [0.25, 0.3) is 22.0 Å². The van der Waals surface area contributed by atoms with Crippen LogP contribution in [0, 0.1) is 5.92 Å². The van der Waals surface area contributed by atoms with Crippen molar-refractivity contribution in [2.75, 3.05) is 24.2 Å². The van der Waals surface area contributed by atoms with Gasteiger partial charge in [-0.25, -0.2) is 17.7 Å². The number of benzene rings is 2. The quantitative estimate of drug-likeness (QED) is 0.666. The number of piperidine rings is 1. The van der Waals surface area contributed by atoms with Gasteiger partial charge in [-0.05, 0) is 36.6 Å². The van der Waals surface area contributed by atoms with Crippen LogP contribution in [-0.2, 0) is 14.8 Å². The Hall–Kier alpha value is -2.29. The van der Waals surface area contributed by atoms with Crippen LogP contribution >= 0.6 is 11.3 Å². The molecule has 8 heteroatoms. The maximum absolute atomic E-state index is 12.6. The Labute approximate surface area is 174 Å². The molecule has 0 bridgehead atoms. The van der Waals surface area contributed by atoms with Crippen molar-refractivity contribution in [1.29, 1.82) is 0 Å². The molecule has 1 amide bonds. The molecule has 0 spiro atoms. The lowest BCUT2D eigenvalue weighted by molar-refractivity contribution is -0.120. The van der Waals surface area contributed by atoms with E-state index in [0.717, 1.165) is 16.6 Å². The Balaban J connectivity index is 1.40. The Morgan fingerprint density at radius 2 is 1.90 bits per heavy atom. The van der Waals surface area contributed by atoms with Gasteiger partial charge in [0.25, 0.3) is 0 Å². The number of fused-ring (bicyclic) bond motifs is 1. The minimum atomic E-state index is -3.18. The Kier molecular flexibility index (Phi) is 5.67. The molecule has 4 rings (SSSR count). The smallest absolute Gasteiger partial charge is 0.229 e. The van der Waals surface area contributed by atoms with Crippen LogP contribution in [0.2, 0.25) is 0 Å². The molecule has 29 heavy (non-hydrogen) atoms. The molecule has 0 atom stereocenters. The highest BCUT2D eigenvalue weighted by molar-refractivity contribution is 7.89. The van der Waals surface area contributed by atoms with E-state index >= 15 is 0 Å². The molecule has 1 aliphatic heterocycles. The van der Waals surface area contributed by atoms with Gasteiger partial charge < -0.3 is 5.32 Å². The second-order valence-corrected chi connectivity index (χ2v) is 10.3. The number of hydrogen-bond donors (Lipinski definition) is 1. The number of nitrogens with zero attached hydrogens (tertiary/aromatic N) is 2. The summed E-state index contributed by atoms with van der Waals surface area (Å²) >= 11 is 1.40. The topological polar surface area (TPSA) is 79.4 Å². The van der Waals surface area contributed by atoms with E-state index in [1.165, 1.54) is 21.0 Å². The van der Waals surface area contributed by atoms with E-state index in [0.29, 0.717) is 31.1 Å². The number of thiazole rings is 1. The van der Waals surface area contributed by atoms with Gasteiger partial charge in [0, 0.05) is 30.0 Å². The fourth-order valence-corrected chi connectivity index (χ4v) is 5.45. The molecule has 0 radical (unpaired) electrons. The largest absolute Gasteiger partial charge is 0.302 e. The first-order valence-electron chi connectivity index (χ1n) is 9.69. The third kappa shape index (κ3) is 4.34. The zero-order valence-corrected chi connectivity index (χ0v) is 17.8. The predicted octanol–water partition coefficient (Wildman–Crippen LogP) is 3.96. The van der Waals surface area contributed by atoms with E-state index in [1.807, 2.05) is 23.6 Å². The summed E-state index contributed by atoms with van der Waals surface area (Å²) in [6.45, 7) is 2.44. The Morgan fingerprint density at radius 3 is 2.62 bits per heavy atom. The molecule has 1 saturated heterocycles. The van der Waals surface area contributed by atoms with Gasteiger partial charge in [0.2, 0.25) is 15.9 Å². The van der Waals surface area contributed by atoms with E-state index in [9.17, 15) is 13.2 Å². The SMILES string of the molecule is CCS(=O)(=O)N1CCC(C(=O)Nc2nc(-c3ccc4ccccc4c3)cs2)CC1. The normalized spacial score (nSPS) is 16.2. The highest BCUT2D eigenvalue weighted by atomic mass is 32.2. The van der Waals surface area contributed by atoms with Gasteiger partial charge in [-0.2, -0.15) is 0 Å². The summed E-state index contributed by atoms with van der Waals surface area (Å²) in [7, 11) is -3.18.